The fourth-order valence-corrected chi connectivity index (χ4v) is 6.22. The lowest BCUT2D eigenvalue weighted by Gasteiger charge is -2.40. The number of anilines is 1. The van der Waals surface area contributed by atoms with Crippen molar-refractivity contribution in [1.29, 1.82) is 0 Å². The summed E-state index contributed by atoms with van der Waals surface area (Å²) in [6.07, 6.45) is 3.20. The monoisotopic (exact) mass is 460 g/mol. The van der Waals surface area contributed by atoms with Gasteiger partial charge in [0.2, 0.25) is 15.9 Å². The Kier molecular flexibility index (Phi) is 5.49. The van der Waals surface area contributed by atoms with E-state index in [1.165, 1.54) is 10.6 Å². The van der Waals surface area contributed by atoms with Gasteiger partial charge in [-0.1, -0.05) is 72.8 Å². The van der Waals surface area contributed by atoms with Crippen molar-refractivity contribution in [2.24, 2.45) is 0 Å². The molecule has 0 aliphatic carbocycles. The van der Waals surface area contributed by atoms with E-state index < -0.39 is 10.0 Å². The SMILES string of the molecule is CS(=O)(=O)N1CC2(CCN(C(=O)Cc3ccc(-c4ccccc4)cc3)CC2)c2ccccc21. The third kappa shape index (κ3) is 4.15. The molecule has 0 radical (unpaired) electrons. The van der Waals surface area contributed by atoms with E-state index in [4.69, 9.17) is 0 Å². The molecule has 5 nitrogen and oxygen atoms in total. The Morgan fingerprint density at radius 2 is 1.45 bits per heavy atom. The zero-order valence-corrected chi connectivity index (χ0v) is 19.6. The summed E-state index contributed by atoms with van der Waals surface area (Å²) in [5.41, 5.74) is 4.99. The van der Waals surface area contributed by atoms with Crippen LogP contribution in [0, 0.1) is 0 Å². The summed E-state index contributed by atoms with van der Waals surface area (Å²) < 4.78 is 26.3. The molecule has 1 amide bonds. The molecule has 1 saturated heterocycles. The molecule has 0 unspecified atom stereocenters. The van der Waals surface area contributed by atoms with Gasteiger partial charge in [0, 0.05) is 25.0 Å². The van der Waals surface area contributed by atoms with Crippen molar-refractivity contribution in [1.82, 2.24) is 4.90 Å². The highest BCUT2D eigenvalue weighted by atomic mass is 32.2. The van der Waals surface area contributed by atoms with E-state index in [1.807, 2.05) is 59.5 Å². The summed E-state index contributed by atoms with van der Waals surface area (Å²) in [6, 6.07) is 26.2. The number of para-hydroxylation sites is 1. The number of nitrogens with zero attached hydrogens (tertiary/aromatic N) is 2. The average Bonchev–Trinajstić information content (AvgIpc) is 3.15. The van der Waals surface area contributed by atoms with Crippen LogP contribution >= 0.6 is 0 Å². The number of hydrogen-bond donors (Lipinski definition) is 0. The first kappa shape index (κ1) is 21.7. The number of fused-ring (bicyclic) bond motifs is 2. The third-order valence-corrected chi connectivity index (χ3v) is 8.21. The van der Waals surface area contributed by atoms with Gasteiger partial charge in [0.25, 0.3) is 0 Å². The molecule has 1 spiro atoms. The molecule has 0 aromatic heterocycles. The first-order valence-electron chi connectivity index (χ1n) is 11.4. The lowest BCUT2D eigenvalue weighted by molar-refractivity contribution is -0.132. The molecule has 2 aliphatic heterocycles. The number of rotatable bonds is 4. The van der Waals surface area contributed by atoms with Crippen LogP contribution in [-0.2, 0) is 26.7 Å². The van der Waals surface area contributed by atoms with E-state index in [2.05, 4.69) is 24.3 Å². The first-order valence-corrected chi connectivity index (χ1v) is 13.2. The van der Waals surface area contributed by atoms with Gasteiger partial charge in [0.1, 0.15) is 0 Å². The van der Waals surface area contributed by atoms with Gasteiger partial charge in [0.15, 0.2) is 0 Å². The molecule has 0 atom stereocenters. The van der Waals surface area contributed by atoms with Crippen molar-refractivity contribution in [3.05, 3.63) is 90.0 Å². The number of benzene rings is 3. The minimum absolute atomic E-state index is 0.128. The van der Waals surface area contributed by atoms with Gasteiger partial charge in [-0.3, -0.25) is 9.10 Å². The molecule has 0 N–H and O–H groups in total. The molecule has 0 bridgehead atoms. The molecule has 1 fully saturated rings. The molecule has 33 heavy (non-hydrogen) atoms. The molecule has 2 heterocycles. The molecular formula is C27H28N2O3S. The fraction of sp³-hybridized carbons (Fsp3) is 0.296. The standard InChI is InChI=1S/C27H28N2O3S/c1-33(31,32)29-20-27(24-9-5-6-10-25(24)29)15-17-28(18-16-27)26(30)19-21-11-13-23(14-12-21)22-7-3-2-4-8-22/h2-14H,15-20H2,1H3. The predicted molar refractivity (Wildman–Crippen MR) is 132 cm³/mol. The maximum atomic E-state index is 13.0. The average molecular weight is 461 g/mol. The lowest BCUT2D eigenvalue weighted by Crippen LogP contribution is -2.48. The van der Waals surface area contributed by atoms with E-state index in [0.717, 1.165) is 40.8 Å². The van der Waals surface area contributed by atoms with Crippen LogP contribution in [0.25, 0.3) is 11.1 Å². The summed E-state index contributed by atoms with van der Waals surface area (Å²) in [5.74, 6) is 0.128. The fourth-order valence-electron chi connectivity index (χ4n) is 5.22. The molecule has 170 valence electrons. The molecule has 2 aliphatic rings. The number of carbonyl (C=O) groups is 1. The van der Waals surface area contributed by atoms with Crippen molar-refractivity contribution in [3.8, 4) is 11.1 Å². The van der Waals surface area contributed by atoms with Crippen LogP contribution in [0.3, 0.4) is 0 Å². The Bertz CT molecular complexity index is 1260. The van der Waals surface area contributed by atoms with Gasteiger partial charge in [-0.05, 0) is 41.2 Å². The van der Waals surface area contributed by atoms with E-state index in [9.17, 15) is 13.2 Å². The maximum absolute atomic E-state index is 13.0. The Morgan fingerprint density at radius 3 is 2.12 bits per heavy atom. The zero-order chi connectivity index (χ0) is 23.1. The smallest absolute Gasteiger partial charge is 0.232 e. The second kappa shape index (κ2) is 8.34. The van der Waals surface area contributed by atoms with Crippen LogP contribution < -0.4 is 4.31 Å². The number of amides is 1. The number of sulfonamides is 1. The largest absolute Gasteiger partial charge is 0.342 e. The number of hydrogen-bond acceptors (Lipinski definition) is 3. The van der Waals surface area contributed by atoms with E-state index >= 15 is 0 Å². The van der Waals surface area contributed by atoms with Gasteiger partial charge in [-0.2, -0.15) is 0 Å². The molecule has 3 aromatic carbocycles. The van der Waals surface area contributed by atoms with Crippen molar-refractivity contribution in [3.63, 3.8) is 0 Å². The molecule has 6 heteroatoms. The van der Waals surface area contributed by atoms with Gasteiger partial charge < -0.3 is 4.90 Å². The summed E-state index contributed by atoms with van der Waals surface area (Å²) >= 11 is 0. The maximum Gasteiger partial charge on any atom is 0.232 e. The topological polar surface area (TPSA) is 57.7 Å². The molecular weight excluding hydrogens is 432 g/mol. The van der Waals surface area contributed by atoms with E-state index in [1.54, 1.807) is 0 Å². The molecule has 0 saturated carbocycles. The Hall–Kier alpha value is -3.12. The Labute approximate surface area is 195 Å². The summed E-state index contributed by atoms with van der Waals surface area (Å²) in [6.45, 7) is 1.76. The van der Waals surface area contributed by atoms with E-state index in [0.29, 0.717) is 26.1 Å². The summed E-state index contributed by atoms with van der Waals surface area (Å²) in [7, 11) is -3.33. The van der Waals surface area contributed by atoms with Crippen LogP contribution in [0.1, 0.15) is 24.0 Å². The zero-order valence-electron chi connectivity index (χ0n) is 18.8. The van der Waals surface area contributed by atoms with Crippen LogP contribution in [0.15, 0.2) is 78.9 Å². The van der Waals surface area contributed by atoms with E-state index in [-0.39, 0.29) is 11.3 Å². The van der Waals surface area contributed by atoms with Gasteiger partial charge in [-0.15, -0.1) is 0 Å². The van der Waals surface area contributed by atoms with Crippen molar-refractivity contribution < 1.29 is 13.2 Å². The van der Waals surface area contributed by atoms with Crippen LogP contribution in [0.5, 0.6) is 0 Å². The second-order valence-electron chi connectivity index (χ2n) is 9.19. The van der Waals surface area contributed by atoms with Gasteiger partial charge in [0.05, 0.1) is 18.4 Å². The van der Waals surface area contributed by atoms with Crippen LogP contribution in [0.2, 0.25) is 0 Å². The third-order valence-electron chi connectivity index (χ3n) is 7.08. The Balaban J connectivity index is 1.26. The highest BCUT2D eigenvalue weighted by Gasteiger charge is 2.47. The Morgan fingerprint density at radius 1 is 0.848 bits per heavy atom. The van der Waals surface area contributed by atoms with Gasteiger partial charge in [-0.25, -0.2) is 8.42 Å². The highest BCUT2D eigenvalue weighted by Crippen LogP contribution is 2.47. The number of piperidine rings is 1. The lowest BCUT2D eigenvalue weighted by atomic mass is 9.74. The van der Waals surface area contributed by atoms with Gasteiger partial charge >= 0.3 is 0 Å². The normalized spacial score (nSPS) is 17.2. The molecule has 3 aromatic rings. The molecule has 5 rings (SSSR count). The van der Waals surface area contributed by atoms with Crippen molar-refractivity contribution >= 4 is 21.6 Å². The van der Waals surface area contributed by atoms with Crippen molar-refractivity contribution in [2.45, 2.75) is 24.7 Å². The van der Waals surface area contributed by atoms with Crippen LogP contribution in [-0.4, -0.2) is 45.1 Å². The highest BCUT2D eigenvalue weighted by molar-refractivity contribution is 7.92. The minimum Gasteiger partial charge on any atom is -0.342 e. The quantitative estimate of drug-likeness (QED) is 0.585. The first-order chi connectivity index (χ1) is 15.9. The number of carbonyl (C=O) groups excluding carboxylic acids is 1. The summed E-state index contributed by atoms with van der Waals surface area (Å²) in [4.78, 5) is 14.9. The van der Waals surface area contributed by atoms with Crippen molar-refractivity contribution in [2.75, 3.05) is 30.2 Å². The summed E-state index contributed by atoms with van der Waals surface area (Å²) in [5, 5.41) is 0. The number of likely N-dealkylation sites (tertiary alicyclic amines) is 1. The predicted octanol–water partition coefficient (Wildman–Crippen LogP) is 4.24. The van der Waals surface area contributed by atoms with Crippen LogP contribution in [0.4, 0.5) is 5.69 Å². The minimum atomic E-state index is -3.33. The second-order valence-corrected chi connectivity index (χ2v) is 11.1.